The topological polar surface area (TPSA) is 107 Å². The Labute approximate surface area is 149 Å². The van der Waals surface area contributed by atoms with E-state index in [0.717, 1.165) is 5.69 Å². The summed E-state index contributed by atoms with van der Waals surface area (Å²) >= 11 is 0. The fourth-order valence-electron chi connectivity index (χ4n) is 2.78. The molecule has 0 radical (unpaired) electrons. The van der Waals surface area contributed by atoms with Crippen LogP contribution in [0.3, 0.4) is 0 Å². The van der Waals surface area contributed by atoms with E-state index in [2.05, 4.69) is 19.9 Å². The summed E-state index contributed by atoms with van der Waals surface area (Å²) in [6.07, 6.45) is 6.26. The van der Waals surface area contributed by atoms with Crippen molar-refractivity contribution in [2.45, 2.75) is 5.92 Å². The molecule has 1 aromatic carbocycles. The van der Waals surface area contributed by atoms with Crippen LogP contribution in [0.15, 0.2) is 55.1 Å². The SMILES string of the molecule is Nc1nccc(C2CN(C(=O)c3cccc(Oc4cnccn4)c3)C2)n1. The lowest BCUT2D eigenvalue weighted by Gasteiger charge is -2.39. The molecule has 0 atom stereocenters. The first-order valence-corrected chi connectivity index (χ1v) is 8.10. The third-order valence-corrected chi connectivity index (χ3v) is 4.13. The van der Waals surface area contributed by atoms with Gasteiger partial charge in [-0.05, 0) is 24.3 Å². The molecular formula is C18H16N6O2. The number of amides is 1. The van der Waals surface area contributed by atoms with Crippen molar-refractivity contribution in [1.82, 2.24) is 24.8 Å². The maximum atomic E-state index is 12.7. The van der Waals surface area contributed by atoms with E-state index in [1.165, 1.54) is 6.20 Å². The quantitative estimate of drug-likeness (QED) is 0.767. The molecule has 2 aromatic heterocycles. The van der Waals surface area contributed by atoms with Crippen LogP contribution in [0.25, 0.3) is 0 Å². The Morgan fingerprint density at radius 1 is 1.15 bits per heavy atom. The first-order valence-electron chi connectivity index (χ1n) is 8.10. The normalized spacial score (nSPS) is 13.9. The summed E-state index contributed by atoms with van der Waals surface area (Å²) < 4.78 is 5.63. The van der Waals surface area contributed by atoms with E-state index < -0.39 is 0 Å². The minimum Gasteiger partial charge on any atom is -0.437 e. The second-order valence-corrected chi connectivity index (χ2v) is 5.92. The lowest BCUT2D eigenvalue weighted by molar-refractivity contribution is 0.0598. The molecule has 1 amide bonds. The van der Waals surface area contributed by atoms with E-state index in [9.17, 15) is 4.79 Å². The number of hydrogen-bond acceptors (Lipinski definition) is 7. The largest absolute Gasteiger partial charge is 0.437 e. The molecule has 0 saturated carbocycles. The molecule has 0 bridgehead atoms. The molecule has 4 rings (SSSR count). The predicted molar refractivity (Wildman–Crippen MR) is 93.6 cm³/mol. The number of carbonyl (C=O) groups is 1. The minimum absolute atomic E-state index is 0.0483. The van der Waals surface area contributed by atoms with Crippen molar-refractivity contribution in [3.05, 3.63) is 66.4 Å². The molecule has 1 aliphatic heterocycles. The lowest BCUT2D eigenvalue weighted by atomic mass is 9.95. The van der Waals surface area contributed by atoms with E-state index in [4.69, 9.17) is 10.5 Å². The maximum absolute atomic E-state index is 12.7. The summed E-state index contributed by atoms with van der Waals surface area (Å²) in [5.41, 5.74) is 7.04. The van der Waals surface area contributed by atoms with Gasteiger partial charge in [0.15, 0.2) is 0 Å². The number of nitrogens with zero attached hydrogens (tertiary/aromatic N) is 5. The second kappa shape index (κ2) is 6.75. The van der Waals surface area contributed by atoms with Crippen LogP contribution >= 0.6 is 0 Å². The Kier molecular flexibility index (Phi) is 4.14. The van der Waals surface area contributed by atoms with Gasteiger partial charge in [-0.1, -0.05) is 6.07 Å². The number of anilines is 1. The molecule has 8 nitrogen and oxygen atoms in total. The van der Waals surface area contributed by atoms with Gasteiger partial charge in [-0.2, -0.15) is 0 Å². The number of ether oxygens (including phenoxy) is 1. The number of rotatable bonds is 4. The van der Waals surface area contributed by atoms with E-state index in [0.29, 0.717) is 30.3 Å². The highest BCUT2D eigenvalue weighted by molar-refractivity contribution is 5.95. The smallest absolute Gasteiger partial charge is 0.254 e. The average Bonchev–Trinajstić information content (AvgIpc) is 2.61. The Morgan fingerprint density at radius 2 is 2.04 bits per heavy atom. The number of benzene rings is 1. The van der Waals surface area contributed by atoms with E-state index in [1.807, 2.05) is 6.07 Å². The van der Waals surface area contributed by atoms with Crippen molar-refractivity contribution >= 4 is 11.9 Å². The van der Waals surface area contributed by atoms with Crippen molar-refractivity contribution in [2.75, 3.05) is 18.8 Å². The van der Waals surface area contributed by atoms with E-state index in [-0.39, 0.29) is 17.8 Å². The fourth-order valence-corrected chi connectivity index (χ4v) is 2.78. The molecule has 26 heavy (non-hydrogen) atoms. The Balaban J connectivity index is 1.42. The third kappa shape index (κ3) is 3.30. The number of hydrogen-bond donors (Lipinski definition) is 1. The van der Waals surface area contributed by atoms with Gasteiger partial charge in [0.1, 0.15) is 5.75 Å². The second-order valence-electron chi connectivity index (χ2n) is 5.92. The van der Waals surface area contributed by atoms with Crippen molar-refractivity contribution in [2.24, 2.45) is 0 Å². The number of nitrogens with two attached hydrogens (primary N) is 1. The highest BCUT2D eigenvalue weighted by Gasteiger charge is 2.33. The molecule has 3 heterocycles. The van der Waals surface area contributed by atoms with Crippen LogP contribution in [0.1, 0.15) is 22.0 Å². The number of aromatic nitrogens is 4. The standard InChI is InChI=1S/C18H16N6O2/c19-18-22-5-4-15(23-18)13-10-24(11-13)17(25)12-2-1-3-14(8-12)26-16-9-20-6-7-21-16/h1-9,13H,10-11H2,(H2,19,22,23). The molecule has 1 saturated heterocycles. The molecule has 0 unspecified atom stereocenters. The third-order valence-electron chi connectivity index (χ3n) is 4.13. The van der Waals surface area contributed by atoms with Crippen molar-refractivity contribution in [3.8, 4) is 11.6 Å². The zero-order valence-corrected chi connectivity index (χ0v) is 13.8. The average molecular weight is 348 g/mol. The van der Waals surface area contributed by atoms with E-state index >= 15 is 0 Å². The van der Waals surface area contributed by atoms with Crippen LogP contribution in [-0.4, -0.2) is 43.8 Å². The van der Waals surface area contributed by atoms with Crippen molar-refractivity contribution < 1.29 is 9.53 Å². The summed E-state index contributed by atoms with van der Waals surface area (Å²) in [4.78, 5) is 30.5. The molecule has 130 valence electrons. The van der Waals surface area contributed by atoms with Gasteiger partial charge in [0.25, 0.3) is 5.91 Å². The Hall–Kier alpha value is -3.55. The Bertz CT molecular complexity index is 928. The van der Waals surface area contributed by atoms with Gasteiger partial charge in [-0.25, -0.2) is 15.0 Å². The fraction of sp³-hybridized carbons (Fsp3) is 0.167. The van der Waals surface area contributed by atoms with Crippen LogP contribution in [0.4, 0.5) is 5.95 Å². The molecule has 1 fully saturated rings. The maximum Gasteiger partial charge on any atom is 0.254 e. The van der Waals surface area contributed by atoms with Gasteiger partial charge in [-0.3, -0.25) is 9.78 Å². The van der Waals surface area contributed by atoms with Crippen LogP contribution < -0.4 is 10.5 Å². The summed E-state index contributed by atoms with van der Waals surface area (Å²) in [6.45, 7) is 1.20. The molecule has 2 N–H and O–H groups in total. The van der Waals surface area contributed by atoms with Crippen LogP contribution in [-0.2, 0) is 0 Å². The van der Waals surface area contributed by atoms with Crippen molar-refractivity contribution in [3.63, 3.8) is 0 Å². The first kappa shape index (κ1) is 15.9. The minimum atomic E-state index is -0.0483. The Morgan fingerprint density at radius 3 is 2.81 bits per heavy atom. The van der Waals surface area contributed by atoms with Crippen LogP contribution in [0.5, 0.6) is 11.6 Å². The van der Waals surface area contributed by atoms with Crippen LogP contribution in [0.2, 0.25) is 0 Å². The molecule has 3 aromatic rings. The van der Waals surface area contributed by atoms with Gasteiger partial charge < -0.3 is 15.4 Å². The van der Waals surface area contributed by atoms with Gasteiger partial charge in [0, 0.05) is 43.2 Å². The molecule has 8 heteroatoms. The van der Waals surface area contributed by atoms with E-state index in [1.54, 1.807) is 47.8 Å². The molecule has 0 spiro atoms. The number of nitrogen functional groups attached to an aromatic ring is 1. The number of likely N-dealkylation sites (tertiary alicyclic amines) is 1. The highest BCUT2D eigenvalue weighted by atomic mass is 16.5. The number of carbonyl (C=O) groups excluding carboxylic acids is 1. The van der Waals surface area contributed by atoms with Crippen LogP contribution in [0, 0.1) is 0 Å². The summed E-state index contributed by atoms with van der Waals surface area (Å²) in [5.74, 6) is 1.30. The lowest BCUT2D eigenvalue weighted by Crippen LogP contribution is -2.48. The monoisotopic (exact) mass is 348 g/mol. The molecule has 1 aliphatic rings. The molecule has 0 aliphatic carbocycles. The molecular weight excluding hydrogens is 332 g/mol. The first-order chi connectivity index (χ1) is 12.7. The summed E-state index contributed by atoms with van der Waals surface area (Å²) in [6, 6.07) is 8.85. The summed E-state index contributed by atoms with van der Waals surface area (Å²) in [5, 5.41) is 0. The van der Waals surface area contributed by atoms with Gasteiger partial charge in [-0.15, -0.1) is 0 Å². The predicted octanol–water partition coefficient (Wildman–Crippen LogP) is 1.88. The van der Waals surface area contributed by atoms with Gasteiger partial charge in [0.2, 0.25) is 11.8 Å². The zero-order valence-electron chi connectivity index (χ0n) is 13.8. The van der Waals surface area contributed by atoms with Gasteiger partial charge >= 0.3 is 0 Å². The summed E-state index contributed by atoms with van der Waals surface area (Å²) in [7, 11) is 0. The van der Waals surface area contributed by atoms with Crippen molar-refractivity contribution in [1.29, 1.82) is 0 Å². The van der Waals surface area contributed by atoms with Gasteiger partial charge in [0.05, 0.1) is 11.9 Å². The zero-order chi connectivity index (χ0) is 17.9. The highest BCUT2D eigenvalue weighted by Crippen LogP contribution is 2.28.